The van der Waals surface area contributed by atoms with Crippen LogP contribution < -0.4 is 19.5 Å². The van der Waals surface area contributed by atoms with Crippen molar-refractivity contribution in [1.82, 2.24) is 15.3 Å². The Kier molecular flexibility index (Phi) is 6.61. The number of fused-ring (bicyclic) bond motifs is 1. The highest BCUT2D eigenvalue weighted by atomic mass is 16.5. The Hall–Kier alpha value is -3.48. The Morgan fingerprint density at radius 1 is 1.03 bits per heavy atom. The lowest BCUT2D eigenvalue weighted by molar-refractivity contribution is -0.117. The van der Waals surface area contributed by atoms with E-state index in [4.69, 9.17) is 14.2 Å². The monoisotopic (exact) mass is 409 g/mol. The second kappa shape index (κ2) is 9.35. The molecule has 1 atom stereocenters. The summed E-state index contributed by atoms with van der Waals surface area (Å²) in [5, 5.41) is 3.04. The van der Waals surface area contributed by atoms with Crippen LogP contribution in [0.25, 0.3) is 17.1 Å². The summed E-state index contributed by atoms with van der Waals surface area (Å²) in [5.74, 6) is 2.34. The van der Waals surface area contributed by atoms with Crippen molar-refractivity contribution in [2.75, 3.05) is 21.3 Å². The number of methoxy groups -OCH3 is 3. The first-order chi connectivity index (χ1) is 14.5. The number of benzene rings is 2. The topological polar surface area (TPSA) is 85.5 Å². The molecule has 3 rings (SSSR count). The Bertz CT molecular complexity index is 1020. The van der Waals surface area contributed by atoms with Gasteiger partial charge in [-0.15, -0.1) is 0 Å². The number of carbonyl (C=O) groups excluding carboxylic acids is 1. The van der Waals surface area contributed by atoms with E-state index in [0.29, 0.717) is 22.8 Å². The van der Waals surface area contributed by atoms with Crippen LogP contribution in [0.1, 0.15) is 31.3 Å². The van der Waals surface area contributed by atoms with Gasteiger partial charge in [0.25, 0.3) is 0 Å². The van der Waals surface area contributed by atoms with Crippen molar-refractivity contribution in [3.63, 3.8) is 0 Å². The van der Waals surface area contributed by atoms with Crippen LogP contribution in [-0.4, -0.2) is 37.2 Å². The predicted molar refractivity (Wildman–Crippen MR) is 117 cm³/mol. The first-order valence-electron chi connectivity index (χ1n) is 9.70. The SMILES string of the molecule is COc1cc(OC)c(OC)cc1/C=C/C(=O)NC(c1nc2ccccc2[nH]1)C(C)C. The number of nitrogens with one attached hydrogen (secondary N) is 2. The molecule has 1 aromatic heterocycles. The van der Waals surface area contributed by atoms with E-state index in [1.54, 1.807) is 39.5 Å². The molecule has 0 aliphatic rings. The molecule has 0 fully saturated rings. The molecule has 2 aromatic carbocycles. The van der Waals surface area contributed by atoms with Gasteiger partial charge in [-0.05, 0) is 30.2 Å². The van der Waals surface area contributed by atoms with Crippen molar-refractivity contribution in [3.8, 4) is 17.2 Å². The number of aromatic nitrogens is 2. The number of aromatic amines is 1. The number of para-hydroxylation sites is 2. The second-order valence-electron chi connectivity index (χ2n) is 7.15. The van der Waals surface area contributed by atoms with Gasteiger partial charge in [0.05, 0.1) is 38.4 Å². The summed E-state index contributed by atoms with van der Waals surface area (Å²) in [6.45, 7) is 4.08. The smallest absolute Gasteiger partial charge is 0.244 e. The lowest BCUT2D eigenvalue weighted by atomic mass is 10.0. The van der Waals surface area contributed by atoms with Gasteiger partial charge in [0, 0.05) is 17.7 Å². The number of carbonyl (C=O) groups is 1. The van der Waals surface area contributed by atoms with Crippen LogP contribution in [0.3, 0.4) is 0 Å². The Morgan fingerprint density at radius 2 is 1.70 bits per heavy atom. The predicted octanol–water partition coefficient (Wildman–Crippen LogP) is 4.12. The number of hydrogen-bond acceptors (Lipinski definition) is 5. The molecular weight excluding hydrogens is 382 g/mol. The molecule has 3 aromatic rings. The molecule has 1 heterocycles. The normalized spacial score (nSPS) is 12.3. The highest BCUT2D eigenvalue weighted by Gasteiger charge is 2.21. The molecule has 0 aliphatic carbocycles. The van der Waals surface area contributed by atoms with Gasteiger partial charge >= 0.3 is 0 Å². The third-order valence-electron chi connectivity index (χ3n) is 4.82. The fourth-order valence-electron chi connectivity index (χ4n) is 3.22. The molecule has 158 valence electrons. The molecule has 7 heteroatoms. The molecule has 2 N–H and O–H groups in total. The maximum absolute atomic E-state index is 12.7. The minimum Gasteiger partial charge on any atom is -0.496 e. The van der Waals surface area contributed by atoms with Crippen LogP contribution in [0, 0.1) is 5.92 Å². The van der Waals surface area contributed by atoms with Gasteiger partial charge in [-0.25, -0.2) is 4.98 Å². The molecule has 0 spiro atoms. The number of hydrogen-bond donors (Lipinski definition) is 2. The fraction of sp³-hybridized carbons (Fsp3) is 0.304. The molecular formula is C23H27N3O4. The molecule has 0 aliphatic heterocycles. The van der Waals surface area contributed by atoms with E-state index in [1.165, 1.54) is 6.08 Å². The minimum absolute atomic E-state index is 0.151. The summed E-state index contributed by atoms with van der Waals surface area (Å²) in [5.41, 5.74) is 2.52. The molecule has 1 unspecified atom stereocenters. The third-order valence-corrected chi connectivity index (χ3v) is 4.82. The van der Waals surface area contributed by atoms with Gasteiger partial charge in [-0.1, -0.05) is 26.0 Å². The van der Waals surface area contributed by atoms with Crippen molar-refractivity contribution < 1.29 is 19.0 Å². The lowest BCUT2D eigenvalue weighted by Gasteiger charge is -2.19. The van der Waals surface area contributed by atoms with Crippen LogP contribution in [-0.2, 0) is 4.79 Å². The van der Waals surface area contributed by atoms with Gasteiger partial charge in [-0.3, -0.25) is 4.79 Å². The van der Waals surface area contributed by atoms with Crippen molar-refractivity contribution in [2.45, 2.75) is 19.9 Å². The van der Waals surface area contributed by atoms with E-state index in [2.05, 4.69) is 15.3 Å². The Balaban J connectivity index is 1.81. The van der Waals surface area contributed by atoms with Crippen molar-refractivity contribution in [1.29, 1.82) is 0 Å². The average molecular weight is 409 g/mol. The van der Waals surface area contributed by atoms with Crippen molar-refractivity contribution in [2.24, 2.45) is 5.92 Å². The van der Waals surface area contributed by atoms with Crippen LogP contribution in [0.15, 0.2) is 42.5 Å². The molecule has 1 amide bonds. The molecule has 0 radical (unpaired) electrons. The van der Waals surface area contributed by atoms with E-state index >= 15 is 0 Å². The van der Waals surface area contributed by atoms with Crippen LogP contribution in [0.4, 0.5) is 0 Å². The van der Waals surface area contributed by atoms with Gasteiger partial charge in [0.1, 0.15) is 11.6 Å². The van der Waals surface area contributed by atoms with Crippen molar-refractivity contribution in [3.05, 3.63) is 53.9 Å². The fourth-order valence-corrected chi connectivity index (χ4v) is 3.22. The largest absolute Gasteiger partial charge is 0.496 e. The quantitative estimate of drug-likeness (QED) is 0.547. The first-order valence-corrected chi connectivity index (χ1v) is 9.70. The van der Waals surface area contributed by atoms with E-state index in [9.17, 15) is 4.79 Å². The molecule has 0 bridgehead atoms. The molecule has 0 saturated heterocycles. The minimum atomic E-state index is -0.248. The molecule has 30 heavy (non-hydrogen) atoms. The highest BCUT2D eigenvalue weighted by molar-refractivity contribution is 5.92. The van der Waals surface area contributed by atoms with Gasteiger partial charge < -0.3 is 24.5 Å². The van der Waals surface area contributed by atoms with E-state index < -0.39 is 0 Å². The van der Waals surface area contributed by atoms with E-state index in [-0.39, 0.29) is 17.9 Å². The maximum Gasteiger partial charge on any atom is 0.244 e. The summed E-state index contributed by atoms with van der Waals surface area (Å²) < 4.78 is 16.0. The zero-order valence-corrected chi connectivity index (χ0v) is 17.9. The number of nitrogens with zero attached hydrogens (tertiary/aromatic N) is 1. The number of amides is 1. The number of imidazole rings is 1. The summed E-state index contributed by atoms with van der Waals surface area (Å²) in [6, 6.07) is 11.0. The first kappa shape index (κ1) is 21.2. The second-order valence-corrected chi connectivity index (χ2v) is 7.15. The van der Waals surface area contributed by atoms with Gasteiger partial charge in [0.2, 0.25) is 5.91 Å². The van der Waals surface area contributed by atoms with Crippen LogP contribution in [0.5, 0.6) is 17.2 Å². The number of H-pyrrole nitrogens is 1. The van der Waals surface area contributed by atoms with E-state index in [1.807, 2.05) is 38.1 Å². The summed E-state index contributed by atoms with van der Waals surface area (Å²) >= 11 is 0. The summed E-state index contributed by atoms with van der Waals surface area (Å²) in [7, 11) is 4.69. The maximum atomic E-state index is 12.7. The zero-order valence-electron chi connectivity index (χ0n) is 17.9. The highest BCUT2D eigenvalue weighted by Crippen LogP contribution is 2.35. The Labute approximate surface area is 176 Å². The molecule has 7 nitrogen and oxygen atoms in total. The Morgan fingerprint density at radius 3 is 2.33 bits per heavy atom. The lowest BCUT2D eigenvalue weighted by Crippen LogP contribution is -2.31. The van der Waals surface area contributed by atoms with Gasteiger partial charge in [-0.2, -0.15) is 0 Å². The zero-order chi connectivity index (χ0) is 21.7. The number of ether oxygens (including phenoxy) is 3. The standard InChI is InChI=1S/C23H27N3O4/c1-14(2)22(23-24-16-8-6-7-9-17(16)25-23)26-21(27)11-10-15-12-19(29-4)20(30-5)13-18(15)28-3/h6-14,22H,1-5H3,(H,24,25)(H,26,27)/b11-10+. The third kappa shape index (κ3) is 4.56. The summed E-state index contributed by atoms with van der Waals surface area (Å²) in [4.78, 5) is 20.6. The average Bonchev–Trinajstić information content (AvgIpc) is 3.18. The van der Waals surface area contributed by atoms with Crippen LogP contribution >= 0.6 is 0 Å². The van der Waals surface area contributed by atoms with Gasteiger partial charge in [0.15, 0.2) is 11.5 Å². The number of rotatable bonds is 8. The molecule has 0 saturated carbocycles. The summed E-state index contributed by atoms with van der Waals surface area (Å²) in [6.07, 6.45) is 3.16. The van der Waals surface area contributed by atoms with Crippen LogP contribution in [0.2, 0.25) is 0 Å². The van der Waals surface area contributed by atoms with E-state index in [0.717, 1.165) is 16.9 Å². The van der Waals surface area contributed by atoms with Crippen molar-refractivity contribution >= 4 is 23.0 Å².